The van der Waals surface area contributed by atoms with Gasteiger partial charge in [0.25, 0.3) is 5.91 Å². The van der Waals surface area contributed by atoms with Gasteiger partial charge in [0.05, 0.1) is 0 Å². The first-order chi connectivity index (χ1) is 10.8. The number of hydrogen-bond acceptors (Lipinski definition) is 4. The van der Waals surface area contributed by atoms with Gasteiger partial charge in [-0.15, -0.1) is 0 Å². The number of anilines is 1. The van der Waals surface area contributed by atoms with E-state index in [9.17, 15) is 9.59 Å². The summed E-state index contributed by atoms with van der Waals surface area (Å²) in [6, 6.07) is 6.55. The molecule has 0 saturated heterocycles. The van der Waals surface area contributed by atoms with Crippen LogP contribution in [0.3, 0.4) is 0 Å². The lowest BCUT2D eigenvalue weighted by molar-refractivity contribution is -0.141. The molecule has 2 N–H and O–H groups in total. The fraction of sp³-hybridized carbons (Fsp3) is 0.529. The van der Waals surface area contributed by atoms with Gasteiger partial charge in [-0.1, -0.05) is 13.8 Å². The monoisotopic (exact) mass is 323 g/mol. The lowest BCUT2D eigenvalue weighted by Crippen LogP contribution is -2.43. The summed E-state index contributed by atoms with van der Waals surface area (Å²) in [5, 5.41) is 11.4. The number of carboxylic acid groups (broad SMARTS) is 1. The van der Waals surface area contributed by atoms with Crippen LogP contribution in [0.15, 0.2) is 24.3 Å². The van der Waals surface area contributed by atoms with Crippen molar-refractivity contribution in [3.05, 3.63) is 24.3 Å². The minimum Gasteiger partial charge on any atom is -0.482 e. The molecule has 1 rings (SSSR count). The first-order valence-electron chi connectivity index (χ1n) is 7.67. The molecule has 0 fully saturated rings. The van der Waals surface area contributed by atoms with Crippen molar-refractivity contribution in [1.29, 1.82) is 0 Å². The lowest BCUT2D eigenvalue weighted by Gasteiger charge is -2.29. The zero-order valence-corrected chi connectivity index (χ0v) is 14.1. The van der Waals surface area contributed by atoms with E-state index in [1.807, 2.05) is 20.8 Å². The minimum absolute atomic E-state index is 0.202. The Hall–Kier alpha value is -2.08. The predicted octanol–water partition coefficient (Wildman–Crippen LogP) is 2.93. The van der Waals surface area contributed by atoms with Crippen LogP contribution in [0.4, 0.5) is 5.69 Å². The molecule has 6 heteroatoms. The van der Waals surface area contributed by atoms with Crippen molar-refractivity contribution in [2.45, 2.75) is 39.7 Å². The molecule has 23 heavy (non-hydrogen) atoms. The van der Waals surface area contributed by atoms with Crippen LogP contribution in [0.2, 0.25) is 0 Å². The number of carboxylic acids is 1. The van der Waals surface area contributed by atoms with Gasteiger partial charge < -0.3 is 19.9 Å². The Balaban J connectivity index is 2.72. The highest BCUT2D eigenvalue weighted by Gasteiger charge is 2.34. The molecule has 0 saturated carbocycles. The van der Waals surface area contributed by atoms with E-state index >= 15 is 0 Å². The molecule has 0 bridgehead atoms. The van der Waals surface area contributed by atoms with E-state index < -0.39 is 18.2 Å². The van der Waals surface area contributed by atoms with Gasteiger partial charge in [0.15, 0.2) is 6.61 Å². The van der Waals surface area contributed by atoms with Crippen molar-refractivity contribution >= 4 is 17.6 Å². The Morgan fingerprint density at radius 2 is 1.87 bits per heavy atom. The van der Waals surface area contributed by atoms with E-state index in [2.05, 4.69) is 5.32 Å². The zero-order chi connectivity index (χ0) is 17.5. The average molecular weight is 323 g/mol. The highest BCUT2D eigenvalue weighted by Crippen LogP contribution is 2.24. The first-order valence-corrected chi connectivity index (χ1v) is 7.67. The minimum atomic E-state index is -1.04. The molecular formula is C17H25NO5. The highest BCUT2D eigenvalue weighted by atomic mass is 16.5. The van der Waals surface area contributed by atoms with Crippen LogP contribution in [-0.4, -0.2) is 35.8 Å². The third kappa shape index (κ3) is 6.28. The molecule has 0 aliphatic heterocycles. The smallest absolute Gasteiger partial charge is 0.341 e. The predicted molar refractivity (Wildman–Crippen MR) is 87.7 cm³/mol. The topological polar surface area (TPSA) is 84.9 Å². The molecule has 0 aromatic heterocycles. The number of carbonyl (C=O) groups excluding carboxylic acids is 1. The molecule has 0 heterocycles. The maximum Gasteiger partial charge on any atom is 0.341 e. The Bertz CT molecular complexity index is 526. The number of rotatable bonds is 9. The van der Waals surface area contributed by atoms with Crippen LogP contribution in [-0.2, 0) is 14.3 Å². The summed E-state index contributed by atoms with van der Waals surface area (Å²) in [7, 11) is 0. The number of carbonyl (C=O) groups is 2. The second kappa shape index (κ2) is 8.53. The summed E-state index contributed by atoms with van der Waals surface area (Å²) >= 11 is 0. The number of amides is 1. The Labute approximate surface area is 136 Å². The van der Waals surface area contributed by atoms with E-state index in [0.29, 0.717) is 30.4 Å². The summed E-state index contributed by atoms with van der Waals surface area (Å²) in [4.78, 5) is 23.0. The summed E-state index contributed by atoms with van der Waals surface area (Å²) in [6.45, 7) is 7.79. The molecule has 0 aliphatic carbocycles. The second-order valence-corrected chi connectivity index (χ2v) is 5.92. The van der Waals surface area contributed by atoms with Crippen LogP contribution < -0.4 is 10.1 Å². The van der Waals surface area contributed by atoms with Gasteiger partial charge in [0.1, 0.15) is 11.4 Å². The standard InChI is InChI=1S/C17H25NO5/c1-5-23-17(4,10-12(2)3)16(21)18-13-6-8-14(9-7-13)22-11-15(19)20/h6-9,12H,5,10-11H2,1-4H3,(H,18,21)(H,19,20). The fourth-order valence-electron chi connectivity index (χ4n) is 2.36. The zero-order valence-electron chi connectivity index (χ0n) is 14.1. The van der Waals surface area contributed by atoms with Crippen LogP contribution >= 0.6 is 0 Å². The van der Waals surface area contributed by atoms with E-state index in [1.165, 1.54) is 0 Å². The van der Waals surface area contributed by atoms with Crippen LogP contribution in [0.1, 0.15) is 34.1 Å². The molecule has 1 aromatic rings. The average Bonchev–Trinajstić information content (AvgIpc) is 2.45. The normalized spacial score (nSPS) is 13.4. The summed E-state index contributed by atoms with van der Waals surface area (Å²) in [5.74, 6) is -0.486. The molecule has 0 aliphatic rings. The largest absolute Gasteiger partial charge is 0.482 e. The maximum absolute atomic E-state index is 12.5. The number of hydrogen-bond donors (Lipinski definition) is 2. The van der Waals surface area contributed by atoms with E-state index in [1.54, 1.807) is 31.2 Å². The number of aliphatic carboxylic acids is 1. The molecule has 1 amide bonds. The molecule has 128 valence electrons. The third-order valence-corrected chi connectivity index (χ3v) is 3.22. The van der Waals surface area contributed by atoms with Crippen LogP contribution in [0.25, 0.3) is 0 Å². The molecule has 1 aromatic carbocycles. The second-order valence-electron chi connectivity index (χ2n) is 5.92. The van der Waals surface area contributed by atoms with Gasteiger partial charge in [0.2, 0.25) is 0 Å². The van der Waals surface area contributed by atoms with Gasteiger partial charge in [0, 0.05) is 12.3 Å². The highest BCUT2D eigenvalue weighted by molar-refractivity contribution is 5.97. The van der Waals surface area contributed by atoms with Crippen molar-refractivity contribution in [1.82, 2.24) is 0 Å². The van der Waals surface area contributed by atoms with Crippen LogP contribution in [0, 0.1) is 5.92 Å². The summed E-state index contributed by atoms with van der Waals surface area (Å²) in [5.41, 5.74) is -0.283. The van der Waals surface area contributed by atoms with Crippen molar-refractivity contribution in [2.24, 2.45) is 5.92 Å². The molecule has 1 atom stereocenters. The van der Waals surface area contributed by atoms with Crippen molar-refractivity contribution in [3.63, 3.8) is 0 Å². The van der Waals surface area contributed by atoms with Gasteiger partial charge in [-0.05, 0) is 50.5 Å². The van der Waals surface area contributed by atoms with E-state index in [-0.39, 0.29) is 5.91 Å². The molecule has 1 unspecified atom stereocenters. The Morgan fingerprint density at radius 3 is 2.35 bits per heavy atom. The Kier molecular flexibility index (Phi) is 7.03. The quantitative estimate of drug-likeness (QED) is 0.730. The molecule has 0 spiro atoms. The molecular weight excluding hydrogens is 298 g/mol. The van der Waals surface area contributed by atoms with Gasteiger partial charge in [-0.25, -0.2) is 4.79 Å². The third-order valence-electron chi connectivity index (χ3n) is 3.22. The van der Waals surface area contributed by atoms with Gasteiger partial charge in [-0.3, -0.25) is 4.79 Å². The SMILES string of the molecule is CCOC(C)(CC(C)C)C(=O)Nc1ccc(OCC(=O)O)cc1. The summed E-state index contributed by atoms with van der Waals surface area (Å²) < 4.78 is 10.7. The fourth-order valence-corrected chi connectivity index (χ4v) is 2.36. The van der Waals surface area contributed by atoms with Crippen molar-refractivity contribution in [2.75, 3.05) is 18.5 Å². The van der Waals surface area contributed by atoms with E-state index in [0.717, 1.165) is 0 Å². The maximum atomic E-state index is 12.5. The number of ether oxygens (including phenoxy) is 2. The molecule has 6 nitrogen and oxygen atoms in total. The number of benzene rings is 1. The summed E-state index contributed by atoms with van der Waals surface area (Å²) in [6.07, 6.45) is 0.618. The van der Waals surface area contributed by atoms with Crippen LogP contribution in [0.5, 0.6) is 5.75 Å². The van der Waals surface area contributed by atoms with Gasteiger partial charge >= 0.3 is 5.97 Å². The first kappa shape index (κ1) is 19.0. The van der Waals surface area contributed by atoms with Crippen molar-refractivity contribution < 1.29 is 24.2 Å². The lowest BCUT2D eigenvalue weighted by atomic mass is 9.93. The van der Waals surface area contributed by atoms with E-state index in [4.69, 9.17) is 14.6 Å². The Morgan fingerprint density at radius 1 is 1.26 bits per heavy atom. The van der Waals surface area contributed by atoms with Crippen molar-refractivity contribution in [3.8, 4) is 5.75 Å². The van der Waals surface area contributed by atoms with Gasteiger partial charge in [-0.2, -0.15) is 0 Å². The molecule has 0 radical (unpaired) electrons. The number of nitrogens with one attached hydrogen (secondary N) is 1.